The SMILES string of the molecule is CNN(C(=O)/C=C1\C[C@H]1C12CC[C@]3(C)[C@H](CC[C@@H]4[C@@]5(C)CC[C@H](OC(=O)CC(C)(C)C(=O)O)C(C)(C)[C@@H]5CC[C@]43C)C1=C(C(C)C)C(=O)C2)c1ccc(Cl)cn1. The van der Waals surface area contributed by atoms with Gasteiger partial charge in [0.25, 0.3) is 5.91 Å². The van der Waals surface area contributed by atoms with Gasteiger partial charge < -0.3 is 9.84 Å². The number of aliphatic carboxylic acids is 1. The number of esters is 1. The zero-order valence-electron chi connectivity index (χ0n) is 35.3. The van der Waals surface area contributed by atoms with E-state index in [0.29, 0.717) is 40.8 Å². The molecule has 5 fully saturated rings. The van der Waals surface area contributed by atoms with E-state index in [1.54, 1.807) is 39.1 Å². The molecule has 1 aromatic rings. The number of carbonyl (C=O) groups is 4. The van der Waals surface area contributed by atoms with Gasteiger partial charge in [-0.1, -0.05) is 71.2 Å². The van der Waals surface area contributed by atoms with Crippen LogP contribution in [0.2, 0.25) is 5.02 Å². The van der Waals surface area contributed by atoms with Gasteiger partial charge in [-0.3, -0.25) is 19.2 Å². The molecule has 0 aromatic carbocycles. The third kappa shape index (κ3) is 6.14. The fraction of sp³-hybridized carbons (Fsp3) is 0.717. The first-order chi connectivity index (χ1) is 26.1. The van der Waals surface area contributed by atoms with Crippen molar-refractivity contribution in [3.05, 3.63) is 46.1 Å². The number of carboxylic acids is 1. The normalized spacial score (nSPS) is 38.0. The first-order valence-electron chi connectivity index (χ1n) is 21.1. The predicted molar refractivity (Wildman–Crippen MR) is 217 cm³/mol. The Morgan fingerprint density at radius 3 is 2.34 bits per heavy atom. The minimum absolute atomic E-state index is 0.0150. The van der Waals surface area contributed by atoms with Gasteiger partial charge in [0, 0.05) is 36.6 Å². The van der Waals surface area contributed by atoms with Crippen molar-refractivity contribution in [2.45, 2.75) is 139 Å². The van der Waals surface area contributed by atoms with Crippen LogP contribution in [0.15, 0.2) is 41.1 Å². The number of carboxylic acid groups (broad SMARTS) is 1. The van der Waals surface area contributed by atoms with Gasteiger partial charge in [-0.05, 0) is 135 Å². The van der Waals surface area contributed by atoms with Crippen LogP contribution in [0.5, 0.6) is 0 Å². The number of hydrogen-bond donors (Lipinski definition) is 2. The molecular weight excluding hydrogens is 726 g/mol. The highest BCUT2D eigenvalue weighted by atomic mass is 35.5. The fourth-order valence-corrected chi connectivity index (χ4v) is 14.0. The summed E-state index contributed by atoms with van der Waals surface area (Å²) in [5.74, 6) is 0.695. The topological polar surface area (TPSA) is 126 Å². The number of carbonyl (C=O) groups excluding carboxylic acids is 3. The van der Waals surface area contributed by atoms with Crippen LogP contribution in [0.25, 0.3) is 0 Å². The number of halogens is 1. The molecule has 0 spiro atoms. The number of rotatable bonds is 9. The summed E-state index contributed by atoms with van der Waals surface area (Å²) in [7, 11) is 1.71. The van der Waals surface area contributed by atoms with Crippen LogP contribution in [0.4, 0.5) is 5.82 Å². The van der Waals surface area contributed by atoms with Crippen molar-refractivity contribution in [2.24, 2.45) is 62.1 Å². The van der Waals surface area contributed by atoms with Crippen LogP contribution < -0.4 is 10.4 Å². The number of anilines is 1. The number of allylic oxidation sites excluding steroid dienone is 3. The Bertz CT molecular complexity index is 1880. The zero-order chi connectivity index (χ0) is 41.0. The van der Waals surface area contributed by atoms with Gasteiger partial charge in [0.05, 0.1) is 16.9 Å². The molecule has 9 nitrogen and oxygen atoms in total. The van der Waals surface area contributed by atoms with E-state index < -0.39 is 17.4 Å². The summed E-state index contributed by atoms with van der Waals surface area (Å²) < 4.78 is 6.18. The molecule has 10 heteroatoms. The van der Waals surface area contributed by atoms with Crippen LogP contribution >= 0.6 is 11.6 Å². The van der Waals surface area contributed by atoms with E-state index in [-0.39, 0.29) is 57.3 Å². The summed E-state index contributed by atoms with van der Waals surface area (Å²) in [6.45, 7) is 19.8. The van der Waals surface area contributed by atoms with Crippen LogP contribution in [0, 0.1) is 62.1 Å². The molecule has 1 aromatic heterocycles. The van der Waals surface area contributed by atoms with Gasteiger partial charge in [0.2, 0.25) is 0 Å². The predicted octanol–water partition coefficient (Wildman–Crippen LogP) is 9.54. The molecule has 56 heavy (non-hydrogen) atoms. The number of ether oxygens (including phenoxy) is 1. The van der Waals surface area contributed by atoms with Crippen molar-refractivity contribution in [3.63, 3.8) is 0 Å². The van der Waals surface area contributed by atoms with Crippen molar-refractivity contribution >= 4 is 41.0 Å². The first kappa shape index (κ1) is 41.1. The van der Waals surface area contributed by atoms with Gasteiger partial charge in [-0.15, -0.1) is 0 Å². The summed E-state index contributed by atoms with van der Waals surface area (Å²) in [5.41, 5.74) is 5.11. The van der Waals surface area contributed by atoms with E-state index in [9.17, 15) is 24.3 Å². The van der Waals surface area contributed by atoms with Gasteiger partial charge >= 0.3 is 11.9 Å². The third-order valence-electron chi connectivity index (χ3n) is 17.0. The number of nitrogens with zero attached hydrogens (tertiary/aromatic N) is 2. The molecule has 9 atom stereocenters. The van der Waals surface area contributed by atoms with Crippen molar-refractivity contribution in [1.29, 1.82) is 0 Å². The quantitative estimate of drug-likeness (QED) is 0.144. The maximum Gasteiger partial charge on any atom is 0.309 e. The van der Waals surface area contributed by atoms with E-state index in [1.807, 2.05) is 0 Å². The monoisotopic (exact) mass is 789 g/mol. The molecule has 0 saturated heterocycles. The van der Waals surface area contributed by atoms with E-state index in [2.05, 4.69) is 58.9 Å². The molecular formula is C46H64ClN3O6. The average molecular weight is 790 g/mol. The molecule has 6 aliphatic carbocycles. The lowest BCUT2D eigenvalue weighted by atomic mass is 9.33. The van der Waals surface area contributed by atoms with Gasteiger partial charge in [-0.2, -0.15) is 0 Å². The maximum absolute atomic E-state index is 14.2. The zero-order valence-corrected chi connectivity index (χ0v) is 36.1. The number of fused-ring (bicyclic) bond motifs is 7. The second kappa shape index (κ2) is 13.8. The summed E-state index contributed by atoms with van der Waals surface area (Å²) >= 11 is 6.07. The molecule has 1 heterocycles. The molecule has 7 rings (SSSR count). The summed E-state index contributed by atoms with van der Waals surface area (Å²) in [5, 5.41) is 11.6. The molecule has 1 unspecified atom stereocenters. The highest BCUT2D eigenvalue weighted by Gasteiger charge is 2.71. The van der Waals surface area contributed by atoms with Gasteiger partial charge in [0.1, 0.15) is 11.9 Å². The Hall–Kier alpha value is -3.04. The number of Topliss-reactive ketones (excluding diaryl/α,β-unsaturated/α-hetero) is 1. The number of nitrogens with one attached hydrogen (secondary N) is 1. The minimum atomic E-state index is -1.17. The molecule has 0 bridgehead atoms. The van der Waals surface area contributed by atoms with Crippen molar-refractivity contribution in [2.75, 3.05) is 12.1 Å². The van der Waals surface area contributed by atoms with E-state index in [0.717, 1.165) is 68.9 Å². The van der Waals surface area contributed by atoms with Gasteiger partial charge in [-0.25, -0.2) is 15.4 Å². The Labute approximate surface area is 338 Å². The van der Waals surface area contributed by atoms with Crippen LogP contribution in [-0.4, -0.2) is 46.9 Å². The Morgan fingerprint density at radius 1 is 1.00 bits per heavy atom. The molecule has 2 N–H and O–H groups in total. The highest BCUT2D eigenvalue weighted by Crippen LogP contribution is 2.78. The van der Waals surface area contributed by atoms with E-state index in [1.165, 1.54) is 16.8 Å². The number of pyridine rings is 1. The minimum Gasteiger partial charge on any atom is -0.481 e. The smallest absolute Gasteiger partial charge is 0.309 e. The largest absolute Gasteiger partial charge is 0.481 e. The van der Waals surface area contributed by atoms with E-state index >= 15 is 0 Å². The maximum atomic E-state index is 14.2. The lowest BCUT2D eigenvalue weighted by Crippen LogP contribution is -2.65. The number of hydrazine groups is 1. The summed E-state index contributed by atoms with van der Waals surface area (Å²) in [6.07, 6.45) is 12.4. The van der Waals surface area contributed by atoms with Crippen LogP contribution in [-0.2, 0) is 23.9 Å². The van der Waals surface area contributed by atoms with Gasteiger partial charge in [0.15, 0.2) is 5.78 Å². The first-order valence-corrected chi connectivity index (χ1v) is 21.5. The standard InChI is InChI=1S/C46H64ClN3O6/c1-26(2)38-31(51)23-46(30-21-27(30)22-36(52)50(48-10)35-14-11-28(47)25-49-35)20-19-44(8)29(39(38)46)12-13-33-43(7)17-16-34(56-37(53)24-41(3,4)40(54)55)42(5,6)32(43)15-18-45(33,44)9/h11,14,22,25-26,29-30,32-34,48H,12-13,15-21,23-24H2,1-10H3,(H,54,55)/b27-22+/t29-,30-,32+,33-,34+,43+,44-,45-,46?/m1/s1. The second-order valence-corrected chi connectivity index (χ2v) is 21.2. The highest BCUT2D eigenvalue weighted by molar-refractivity contribution is 6.30. The lowest BCUT2D eigenvalue weighted by Gasteiger charge is -2.72. The van der Waals surface area contributed by atoms with Crippen molar-refractivity contribution in [3.8, 4) is 0 Å². The fourth-order valence-electron chi connectivity index (χ4n) is 13.9. The summed E-state index contributed by atoms with van der Waals surface area (Å²) in [4.78, 5) is 57.2. The number of hydrogen-bond acceptors (Lipinski definition) is 7. The summed E-state index contributed by atoms with van der Waals surface area (Å²) in [6, 6.07) is 3.45. The number of amides is 1. The Morgan fingerprint density at radius 2 is 1.71 bits per heavy atom. The lowest BCUT2D eigenvalue weighted by molar-refractivity contribution is -0.233. The molecule has 0 radical (unpaired) electrons. The molecule has 6 aliphatic rings. The Balaban J connectivity index is 1.16. The van der Waals surface area contributed by atoms with Crippen molar-refractivity contribution < 1.29 is 29.0 Å². The van der Waals surface area contributed by atoms with Crippen LogP contribution in [0.3, 0.4) is 0 Å². The molecule has 306 valence electrons. The van der Waals surface area contributed by atoms with Crippen molar-refractivity contribution in [1.82, 2.24) is 10.4 Å². The molecule has 0 aliphatic heterocycles. The number of ketones is 1. The van der Waals surface area contributed by atoms with E-state index in [4.69, 9.17) is 16.3 Å². The average Bonchev–Trinajstić information content (AvgIpc) is 3.80. The van der Waals surface area contributed by atoms with Crippen LogP contribution in [0.1, 0.15) is 133 Å². The molecule has 1 amide bonds. The third-order valence-corrected chi connectivity index (χ3v) is 17.2. The molecule has 5 saturated carbocycles. The number of aromatic nitrogens is 1. The Kier molecular flexibility index (Phi) is 10.1. The second-order valence-electron chi connectivity index (χ2n) is 20.8.